The Morgan fingerprint density at radius 1 is 1.14 bits per heavy atom. The number of guanidine groups is 1. The molecule has 5 N–H and O–H groups in total. The average molecular weight is 203 g/mol. The first-order chi connectivity index (χ1) is 6.52. The highest BCUT2D eigenvalue weighted by molar-refractivity contribution is 5.88. The summed E-state index contributed by atoms with van der Waals surface area (Å²) in [5.74, 6) is 9.85. The molecule has 0 amide bonds. The second kappa shape index (κ2) is 6.91. The largest absolute Gasteiger partial charge is 0.379 e. The zero-order valence-corrected chi connectivity index (χ0v) is 7.91. The molecule has 9 heteroatoms. The average Bonchev–Trinajstić information content (AvgIpc) is 2.02. The molecule has 9 nitrogen and oxygen atoms in total. The highest BCUT2D eigenvalue weighted by Crippen LogP contribution is 1.79. The molecule has 0 aromatic rings. The number of hydroxylamine groups is 2. The number of nitrogens with one attached hydrogen (secondary N) is 1. The van der Waals surface area contributed by atoms with Crippen LogP contribution in [0.1, 0.15) is 0 Å². The third kappa shape index (κ3) is 8.55. The molecule has 0 unspecified atom stereocenters. The normalized spacial score (nSPS) is 11.9. The Morgan fingerprint density at radius 3 is 1.79 bits per heavy atom. The Kier molecular flexibility index (Phi) is 6.15. The topological polar surface area (TPSA) is 126 Å². The molecule has 0 aliphatic heterocycles. The zero-order chi connectivity index (χ0) is 11.0. The van der Waals surface area contributed by atoms with Crippen molar-refractivity contribution in [1.29, 1.82) is 5.41 Å². The lowest BCUT2D eigenvalue weighted by molar-refractivity contribution is -0.0406. The van der Waals surface area contributed by atoms with Gasteiger partial charge in [0.25, 0.3) is 0 Å². The summed E-state index contributed by atoms with van der Waals surface area (Å²) in [7, 11) is 2.93. The molecule has 0 saturated carbocycles. The van der Waals surface area contributed by atoms with Crippen molar-refractivity contribution >= 4 is 18.8 Å². The summed E-state index contributed by atoms with van der Waals surface area (Å²) >= 11 is 0. The van der Waals surface area contributed by atoms with E-state index in [4.69, 9.17) is 17.1 Å². The lowest BCUT2D eigenvalue weighted by atomic mass is 11.0. The van der Waals surface area contributed by atoms with Gasteiger partial charge in [-0.3, -0.25) is 5.41 Å². The van der Waals surface area contributed by atoms with E-state index in [1.807, 2.05) is 0 Å². The molecule has 0 radical (unpaired) electrons. The van der Waals surface area contributed by atoms with Gasteiger partial charge in [0.2, 0.25) is 18.8 Å². The molecule has 0 atom stereocenters. The lowest BCUT2D eigenvalue weighted by Crippen LogP contribution is -2.25. The molecule has 80 valence electrons. The smallest absolute Gasteiger partial charge is 0.247 e. The molecule has 0 aliphatic rings. The van der Waals surface area contributed by atoms with Gasteiger partial charge in [0.05, 0.1) is 0 Å². The summed E-state index contributed by atoms with van der Waals surface area (Å²) in [6.45, 7) is 0. The molecular weight excluding hydrogens is 190 g/mol. The van der Waals surface area contributed by atoms with Crippen molar-refractivity contribution in [2.45, 2.75) is 0 Å². The maximum Gasteiger partial charge on any atom is 0.247 e. The third-order valence-corrected chi connectivity index (χ3v) is 0.777. The van der Waals surface area contributed by atoms with Gasteiger partial charge < -0.3 is 9.68 Å². The van der Waals surface area contributed by atoms with Crippen molar-refractivity contribution in [3.63, 3.8) is 0 Å². The minimum Gasteiger partial charge on any atom is -0.379 e. The van der Waals surface area contributed by atoms with Gasteiger partial charge in [-0.15, -0.1) is 0 Å². The van der Waals surface area contributed by atoms with Crippen molar-refractivity contribution in [3.05, 3.63) is 0 Å². The van der Waals surface area contributed by atoms with E-state index in [1.54, 1.807) is 0 Å². The van der Waals surface area contributed by atoms with Crippen molar-refractivity contribution in [3.8, 4) is 0 Å². The molecule has 14 heavy (non-hydrogen) atoms. The fraction of sp³-hybridized carbons (Fsp3) is 0.400. The van der Waals surface area contributed by atoms with E-state index < -0.39 is 0 Å². The highest BCUT2D eigenvalue weighted by atomic mass is 16.7. The van der Waals surface area contributed by atoms with E-state index in [9.17, 15) is 0 Å². The minimum atomic E-state index is -0.311. The van der Waals surface area contributed by atoms with Crippen LogP contribution in [0.2, 0.25) is 0 Å². The highest BCUT2D eigenvalue weighted by Gasteiger charge is 1.88. The van der Waals surface area contributed by atoms with Gasteiger partial charge in [-0.2, -0.15) is 9.98 Å². The van der Waals surface area contributed by atoms with E-state index in [-0.39, 0.29) is 5.96 Å². The second-order valence-electron chi connectivity index (χ2n) is 2.10. The van der Waals surface area contributed by atoms with E-state index >= 15 is 0 Å². The lowest BCUT2D eigenvalue weighted by Gasteiger charge is -2.05. The molecular formula is C5H13N7O2. The van der Waals surface area contributed by atoms with E-state index in [1.165, 1.54) is 14.1 Å². The van der Waals surface area contributed by atoms with Crippen LogP contribution in [0.5, 0.6) is 0 Å². The Balaban J connectivity index is 3.75. The van der Waals surface area contributed by atoms with Crippen LogP contribution < -0.4 is 11.7 Å². The van der Waals surface area contributed by atoms with Gasteiger partial charge in [-0.05, 0) is 0 Å². The Labute approximate surface area is 80.9 Å². The van der Waals surface area contributed by atoms with Crippen molar-refractivity contribution in [2.75, 3.05) is 14.1 Å². The number of hydrogen-bond acceptors (Lipinski definition) is 7. The number of nitrogens with two attached hydrogens (primary N) is 2. The predicted octanol–water partition coefficient (Wildman–Crippen LogP) is -1.55. The molecule has 0 fully saturated rings. The first kappa shape index (κ1) is 12.4. The van der Waals surface area contributed by atoms with Crippen LogP contribution in [0.4, 0.5) is 0 Å². The summed E-state index contributed by atoms with van der Waals surface area (Å²) in [4.78, 5) is 16.0. The zero-order valence-electron chi connectivity index (χ0n) is 7.91. The van der Waals surface area contributed by atoms with Gasteiger partial charge in [0.1, 0.15) is 0 Å². The fourth-order valence-electron chi connectivity index (χ4n) is 0.329. The standard InChI is InChI=1S/C5H13N7O2/c1-11(7)13-3-9-5(6)10-4-14-12(2)8/h3-4,6H,7-8H2,1-2H3/b9-3+,10-4+. The number of hydrogen-bond donors (Lipinski definition) is 3. The van der Waals surface area contributed by atoms with Gasteiger partial charge in [0.15, 0.2) is 0 Å². The van der Waals surface area contributed by atoms with Crippen molar-refractivity contribution in [1.82, 2.24) is 10.3 Å². The summed E-state index contributed by atoms with van der Waals surface area (Å²) in [6, 6.07) is 0. The molecule has 0 bridgehead atoms. The Hall–Kier alpha value is -1.55. The summed E-state index contributed by atoms with van der Waals surface area (Å²) < 4.78 is 0. The number of nitrogens with zero attached hydrogens (tertiary/aromatic N) is 4. The van der Waals surface area contributed by atoms with Crippen LogP contribution in [0.25, 0.3) is 0 Å². The molecule has 0 rings (SSSR count). The van der Waals surface area contributed by atoms with Gasteiger partial charge in [-0.25, -0.2) is 11.7 Å². The number of aliphatic imine (C=N–C) groups is 2. The predicted molar refractivity (Wildman–Crippen MR) is 50.8 cm³/mol. The number of rotatable bonds is 4. The SMILES string of the molecule is CN(N)O/C=N/C(=N)/N=C/ON(C)N. The Bertz CT molecular complexity index is 202. The van der Waals surface area contributed by atoms with Crippen LogP contribution in [0.15, 0.2) is 9.98 Å². The monoisotopic (exact) mass is 203 g/mol. The maximum absolute atomic E-state index is 7.10. The summed E-state index contributed by atoms with van der Waals surface area (Å²) in [5.41, 5.74) is 0. The van der Waals surface area contributed by atoms with E-state index in [2.05, 4.69) is 19.7 Å². The van der Waals surface area contributed by atoms with Gasteiger partial charge >= 0.3 is 0 Å². The number of hydrazine groups is 2. The van der Waals surface area contributed by atoms with E-state index in [0.29, 0.717) is 0 Å². The first-order valence-electron chi connectivity index (χ1n) is 3.46. The maximum atomic E-state index is 7.10. The van der Waals surface area contributed by atoms with Gasteiger partial charge in [0, 0.05) is 14.1 Å². The molecule has 0 aromatic carbocycles. The van der Waals surface area contributed by atoms with Gasteiger partial charge in [-0.1, -0.05) is 10.3 Å². The minimum absolute atomic E-state index is 0.311. The van der Waals surface area contributed by atoms with Crippen LogP contribution in [0.3, 0.4) is 0 Å². The Morgan fingerprint density at radius 2 is 1.50 bits per heavy atom. The second-order valence-corrected chi connectivity index (χ2v) is 2.10. The molecule has 0 aromatic heterocycles. The fourth-order valence-corrected chi connectivity index (χ4v) is 0.329. The molecule has 0 aliphatic carbocycles. The van der Waals surface area contributed by atoms with Crippen molar-refractivity contribution < 1.29 is 9.68 Å². The van der Waals surface area contributed by atoms with E-state index in [0.717, 1.165) is 23.1 Å². The quantitative estimate of drug-likeness (QED) is 0.220. The van der Waals surface area contributed by atoms with Crippen LogP contribution in [-0.2, 0) is 9.68 Å². The molecule has 0 spiro atoms. The first-order valence-corrected chi connectivity index (χ1v) is 3.46. The molecule has 0 saturated heterocycles. The third-order valence-electron chi connectivity index (χ3n) is 0.777. The van der Waals surface area contributed by atoms with Crippen LogP contribution in [-0.4, -0.2) is 43.2 Å². The summed E-state index contributed by atoms with van der Waals surface area (Å²) in [5, 5.41) is 8.95. The van der Waals surface area contributed by atoms with Crippen LogP contribution in [0, 0.1) is 5.41 Å². The summed E-state index contributed by atoms with van der Waals surface area (Å²) in [6.07, 6.45) is 1.93. The van der Waals surface area contributed by atoms with Crippen LogP contribution >= 0.6 is 0 Å². The van der Waals surface area contributed by atoms with Crippen molar-refractivity contribution in [2.24, 2.45) is 21.7 Å². The molecule has 0 heterocycles.